The fraction of sp³-hybridized carbons (Fsp3) is 0.500. The summed E-state index contributed by atoms with van der Waals surface area (Å²) in [5.74, 6) is 0.644. The maximum atomic E-state index is 9.09. The van der Waals surface area contributed by atoms with Crippen LogP contribution in [0.2, 0.25) is 0 Å². The van der Waals surface area contributed by atoms with Gasteiger partial charge in [0.05, 0.1) is 12.8 Å². The molecule has 0 radical (unpaired) electrons. The molecule has 1 aromatic heterocycles. The van der Waals surface area contributed by atoms with Crippen LogP contribution in [-0.2, 0) is 6.54 Å². The Morgan fingerprint density at radius 1 is 1.70 bits per heavy atom. The SMILES string of the molecule is Oc1cnn2c1OCCC2. The van der Waals surface area contributed by atoms with Crippen molar-refractivity contribution in [3.63, 3.8) is 0 Å². The second kappa shape index (κ2) is 1.90. The monoisotopic (exact) mass is 140 g/mol. The highest BCUT2D eigenvalue weighted by atomic mass is 16.5. The Kier molecular flexibility index (Phi) is 1.06. The first-order chi connectivity index (χ1) is 4.88. The van der Waals surface area contributed by atoms with Crippen LogP contribution in [0.4, 0.5) is 0 Å². The van der Waals surface area contributed by atoms with Crippen LogP contribution < -0.4 is 4.74 Å². The minimum absolute atomic E-state index is 0.139. The number of aromatic hydroxyl groups is 1. The number of fused-ring (bicyclic) bond motifs is 1. The summed E-state index contributed by atoms with van der Waals surface area (Å²) in [4.78, 5) is 0. The first kappa shape index (κ1) is 5.58. The Hall–Kier alpha value is -1.19. The molecule has 0 saturated carbocycles. The number of aromatic nitrogens is 2. The van der Waals surface area contributed by atoms with E-state index in [9.17, 15) is 0 Å². The third kappa shape index (κ3) is 0.650. The van der Waals surface area contributed by atoms with Gasteiger partial charge in [-0.2, -0.15) is 5.10 Å². The van der Waals surface area contributed by atoms with E-state index >= 15 is 0 Å². The maximum Gasteiger partial charge on any atom is 0.255 e. The predicted molar refractivity (Wildman–Crippen MR) is 34.0 cm³/mol. The van der Waals surface area contributed by atoms with E-state index in [1.54, 1.807) is 4.68 Å². The fourth-order valence-electron chi connectivity index (χ4n) is 1.06. The molecule has 2 heterocycles. The molecule has 4 heteroatoms. The van der Waals surface area contributed by atoms with Crippen molar-refractivity contribution in [3.05, 3.63) is 6.20 Å². The van der Waals surface area contributed by atoms with Crippen molar-refractivity contribution in [1.29, 1.82) is 0 Å². The molecule has 1 aliphatic heterocycles. The number of nitrogens with zero attached hydrogens (tertiary/aromatic N) is 2. The highest BCUT2D eigenvalue weighted by Gasteiger charge is 2.14. The average Bonchev–Trinajstić information content (AvgIpc) is 2.34. The van der Waals surface area contributed by atoms with Crippen molar-refractivity contribution in [2.45, 2.75) is 13.0 Å². The number of aryl methyl sites for hydroxylation is 1. The van der Waals surface area contributed by atoms with Gasteiger partial charge in [0.25, 0.3) is 5.88 Å². The molecule has 1 aliphatic rings. The zero-order valence-electron chi connectivity index (χ0n) is 5.45. The van der Waals surface area contributed by atoms with E-state index in [-0.39, 0.29) is 5.75 Å². The summed E-state index contributed by atoms with van der Waals surface area (Å²) in [5.41, 5.74) is 0. The lowest BCUT2D eigenvalue weighted by molar-refractivity contribution is 0.221. The summed E-state index contributed by atoms with van der Waals surface area (Å²) in [7, 11) is 0. The second-order valence-electron chi connectivity index (χ2n) is 2.26. The van der Waals surface area contributed by atoms with E-state index in [1.165, 1.54) is 6.20 Å². The van der Waals surface area contributed by atoms with Crippen LogP contribution in [0.15, 0.2) is 6.20 Å². The first-order valence-electron chi connectivity index (χ1n) is 3.25. The van der Waals surface area contributed by atoms with Gasteiger partial charge in [0.1, 0.15) is 0 Å². The van der Waals surface area contributed by atoms with Crippen LogP contribution in [0.5, 0.6) is 11.6 Å². The molecule has 0 amide bonds. The maximum absolute atomic E-state index is 9.09. The van der Waals surface area contributed by atoms with Crippen LogP contribution in [-0.4, -0.2) is 21.5 Å². The zero-order chi connectivity index (χ0) is 6.97. The molecule has 0 aromatic carbocycles. The number of hydrogen-bond donors (Lipinski definition) is 1. The molecule has 4 nitrogen and oxygen atoms in total. The molecule has 0 bridgehead atoms. The lowest BCUT2D eigenvalue weighted by Gasteiger charge is -2.13. The van der Waals surface area contributed by atoms with E-state index < -0.39 is 0 Å². The Morgan fingerprint density at radius 3 is 3.40 bits per heavy atom. The Bertz CT molecular complexity index is 244. The standard InChI is InChI=1S/C6H8N2O2/c9-5-4-7-8-2-1-3-10-6(5)8/h4,9H,1-3H2. The van der Waals surface area contributed by atoms with Gasteiger partial charge in [-0.1, -0.05) is 0 Å². The van der Waals surface area contributed by atoms with E-state index in [0.717, 1.165) is 13.0 Å². The van der Waals surface area contributed by atoms with Crippen LogP contribution in [0, 0.1) is 0 Å². The van der Waals surface area contributed by atoms with Crippen molar-refractivity contribution in [3.8, 4) is 11.6 Å². The summed E-state index contributed by atoms with van der Waals surface area (Å²) >= 11 is 0. The van der Waals surface area contributed by atoms with Crippen molar-refractivity contribution >= 4 is 0 Å². The molecular formula is C6H8N2O2. The van der Waals surface area contributed by atoms with Gasteiger partial charge >= 0.3 is 0 Å². The number of rotatable bonds is 0. The van der Waals surface area contributed by atoms with Crippen LogP contribution in [0.3, 0.4) is 0 Å². The van der Waals surface area contributed by atoms with Crippen molar-refractivity contribution in [1.82, 2.24) is 9.78 Å². The van der Waals surface area contributed by atoms with Gasteiger partial charge in [-0.15, -0.1) is 0 Å². The predicted octanol–water partition coefficient (Wildman–Crippen LogP) is 0.371. The van der Waals surface area contributed by atoms with Crippen LogP contribution in [0.25, 0.3) is 0 Å². The molecule has 0 aliphatic carbocycles. The molecule has 1 aromatic rings. The van der Waals surface area contributed by atoms with Gasteiger partial charge in [0, 0.05) is 13.0 Å². The summed E-state index contributed by atoms with van der Waals surface area (Å²) in [5, 5.41) is 13.0. The molecule has 10 heavy (non-hydrogen) atoms. The van der Waals surface area contributed by atoms with Crippen molar-refractivity contribution < 1.29 is 9.84 Å². The fourth-order valence-corrected chi connectivity index (χ4v) is 1.06. The molecule has 0 unspecified atom stereocenters. The van der Waals surface area contributed by atoms with E-state index in [0.29, 0.717) is 12.5 Å². The summed E-state index contributed by atoms with van der Waals surface area (Å²) in [6, 6.07) is 0. The molecule has 0 atom stereocenters. The molecule has 0 spiro atoms. The quantitative estimate of drug-likeness (QED) is 0.566. The third-order valence-electron chi connectivity index (χ3n) is 1.53. The molecular weight excluding hydrogens is 132 g/mol. The summed E-state index contributed by atoms with van der Waals surface area (Å²) < 4.78 is 6.81. The molecule has 0 fully saturated rings. The van der Waals surface area contributed by atoms with E-state index in [2.05, 4.69) is 5.10 Å². The summed E-state index contributed by atoms with van der Waals surface area (Å²) in [6.07, 6.45) is 2.37. The first-order valence-corrected chi connectivity index (χ1v) is 3.25. The van der Waals surface area contributed by atoms with Crippen LogP contribution in [0.1, 0.15) is 6.42 Å². The van der Waals surface area contributed by atoms with E-state index in [4.69, 9.17) is 9.84 Å². The highest BCUT2D eigenvalue weighted by molar-refractivity contribution is 5.30. The van der Waals surface area contributed by atoms with Crippen molar-refractivity contribution in [2.24, 2.45) is 0 Å². The Morgan fingerprint density at radius 2 is 2.60 bits per heavy atom. The Balaban J connectivity index is 2.45. The Labute approximate surface area is 58.0 Å². The number of hydrogen-bond acceptors (Lipinski definition) is 3. The number of ether oxygens (including phenoxy) is 1. The minimum Gasteiger partial charge on any atom is -0.502 e. The van der Waals surface area contributed by atoms with Gasteiger partial charge in [-0.05, 0) is 0 Å². The van der Waals surface area contributed by atoms with Gasteiger partial charge < -0.3 is 9.84 Å². The second-order valence-corrected chi connectivity index (χ2v) is 2.26. The van der Waals surface area contributed by atoms with Gasteiger partial charge in [-0.3, -0.25) is 0 Å². The smallest absolute Gasteiger partial charge is 0.255 e. The minimum atomic E-state index is 0.139. The molecule has 1 N–H and O–H groups in total. The van der Waals surface area contributed by atoms with Crippen molar-refractivity contribution in [2.75, 3.05) is 6.61 Å². The third-order valence-corrected chi connectivity index (χ3v) is 1.53. The van der Waals surface area contributed by atoms with E-state index in [1.807, 2.05) is 0 Å². The van der Waals surface area contributed by atoms with Gasteiger partial charge in [-0.25, -0.2) is 4.68 Å². The topological polar surface area (TPSA) is 47.3 Å². The largest absolute Gasteiger partial charge is 0.502 e. The lowest BCUT2D eigenvalue weighted by atomic mass is 10.4. The van der Waals surface area contributed by atoms with Gasteiger partial charge in [0.15, 0.2) is 5.75 Å². The normalized spacial score (nSPS) is 16.0. The molecule has 54 valence electrons. The zero-order valence-corrected chi connectivity index (χ0v) is 5.45. The average molecular weight is 140 g/mol. The highest BCUT2D eigenvalue weighted by Crippen LogP contribution is 2.27. The molecule has 0 saturated heterocycles. The molecule has 2 rings (SSSR count). The van der Waals surface area contributed by atoms with Crippen LogP contribution >= 0.6 is 0 Å². The van der Waals surface area contributed by atoms with Gasteiger partial charge in [0.2, 0.25) is 0 Å². The lowest BCUT2D eigenvalue weighted by Crippen LogP contribution is -2.14. The summed E-state index contributed by atoms with van der Waals surface area (Å²) in [6.45, 7) is 1.52.